The third kappa shape index (κ3) is 4.55. The lowest BCUT2D eigenvalue weighted by Crippen LogP contribution is -2.09. The van der Waals surface area contributed by atoms with Crippen molar-refractivity contribution in [2.75, 3.05) is 5.33 Å². The molecule has 2 aromatic rings. The van der Waals surface area contributed by atoms with Gasteiger partial charge in [0, 0.05) is 10.4 Å². The molecule has 100 valence electrons. The first-order valence-electron chi connectivity index (χ1n) is 6.25. The van der Waals surface area contributed by atoms with Crippen LogP contribution in [0.4, 0.5) is 0 Å². The fraction of sp³-hybridized carbons (Fsp3) is 0.250. The van der Waals surface area contributed by atoms with Gasteiger partial charge in [-0.1, -0.05) is 51.8 Å². The highest BCUT2D eigenvalue weighted by Crippen LogP contribution is 2.20. The first kappa shape index (κ1) is 14.4. The molecular formula is C16H16BrClO. The summed E-state index contributed by atoms with van der Waals surface area (Å²) in [5.74, 6) is 0.850. The van der Waals surface area contributed by atoms with Crippen molar-refractivity contribution in [3.8, 4) is 5.75 Å². The summed E-state index contributed by atoms with van der Waals surface area (Å²) in [6.45, 7) is 0. The van der Waals surface area contributed by atoms with E-state index in [9.17, 15) is 5.11 Å². The highest BCUT2D eigenvalue weighted by Gasteiger charge is 2.09. The average molecular weight is 340 g/mol. The van der Waals surface area contributed by atoms with Gasteiger partial charge >= 0.3 is 0 Å². The number of halogens is 2. The minimum atomic E-state index is 0.317. The summed E-state index contributed by atoms with van der Waals surface area (Å²) >= 11 is 9.48. The molecule has 0 aromatic heterocycles. The van der Waals surface area contributed by atoms with Gasteiger partial charge in [-0.15, -0.1) is 0 Å². The predicted molar refractivity (Wildman–Crippen MR) is 84.3 cm³/mol. The molecule has 1 N–H and O–H groups in total. The van der Waals surface area contributed by atoms with E-state index in [0.29, 0.717) is 11.7 Å². The van der Waals surface area contributed by atoms with E-state index in [4.69, 9.17) is 11.6 Å². The second-order valence-electron chi connectivity index (χ2n) is 4.72. The Labute approximate surface area is 127 Å². The number of hydrogen-bond donors (Lipinski definition) is 1. The van der Waals surface area contributed by atoms with E-state index in [2.05, 4.69) is 28.1 Å². The minimum absolute atomic E-state index is 0.317. The molecule has 2 rings (SSSR count). The molecular weight excluding hydrogens is 324 g/mol. The van der Waals surface area contributed by atoms with E-state index in [1.54, 1.807) is 12.1 Å². The van der Waals surface area contributed by atoms with E-state index in [1.807, 2.05) is 24.3 Å². The Morgan fingerprint density at radius 1 is 0.895 bits per heavy atom. The maximum atomic E-state index is 9.29. The van der Waals surface area contributed by atoms with E-state index in [1.165, 1.54) is 11.1 Å². The van der Waals surface area contributed by atoms with Crippen molar-refractivity contribution in [2.24, 2.45) is 5.92 Å². The van der Waals surface area contributed by atoms with Crippen LogP contribution >= 0.6 is 27.5 Å². The number of phenolic OH excluding ortho intramolecular Hbond substituents is 1. The number of alkyl halides is 1. The fourth-order valence-corrected chi connectivity index (χ4v) is 2.68. The van der Waals surface area contributed by atoms with Gasteiger partial charge in [0.2, 0.25) is 0 Å². The maximum absolute atomic E-state index is 9.29. The van der Waals surface area contributed by atoms with Gasteiger partial charge in [0.15, 0.2) is 0 Å². The molecule has 0 saturated heterocycles. The summed E-state index contributed by atoms with van der Waals surface area (Å²) in [6.07, 6.45) is 2.01. The quantitative estimate of drug-likeness (QED) is 0.773. The second-order valence-corrected chi connectivity index (χ2v) is 5.81. The summed E-state index contributed by atoms with van der Waals surface area (Å²) in [5, 5.41) is 11.0. The topological polar surface area (TPSA) is 20.2 Å². The van der Waals surface area contributed by atoms with Crippen LogP contribution in [0.15, 0.2) is 48.5 Å². The molecule has 0 fully saturated rings. The van der Waals surface area contributed by atoms with Gasteiger partial charge in [0.05, 0.1) is 0 Å². The Bertz CT molecular complexity index is 460. The summed E-state index contributed by atoms with van der Waals surface area (Å²) < 4.78 is 0. The van der Waals surface area contributed by atoms with E-state index < -0.39 is 0 Å². The van der Waals surface area contributed by atoms with Gasteiger partial charge in [0.25, 0.3) is 0 Å². The van der Waals surface area contributed by atoms with Gasteiger partial charge < -0.3 is 5.11 Å². The van der Waals surface area contributed by atoms with E-state index >= 15 is 0 Å². The molecule has 0 aliphatic heterocycles. The lowest BCUT2D eigenvalue weighted by Gasteiger charge is -2.14. The van der Waals surface area contributed by atoms with Crippen molar-refractivity contribution in [1.82, 2.24) is 0 Å². The average Bonchev–Trinajstić information content (AvgIpc) is 2.43. The van der Waals surface area contributed by atoms with Crippen LogP contribution in [0, 0.1) is 5.92 Å². The molecule has 0 radical (unpaired) electrons. The SMILES string of the molecule is Oc1ccc(CC(CBr)Cc2ccc(Cl)cc2)cc1. The largest absolute Gasteiger partial charge is 0.508 e. The van der Waals surface area contributed by atoms with E-state index in [-0.39, 0.29) is 0 Å². The van der Waals surface area contributed by atoms with Crippen LogP contribution in [0.3, 0.4) is 0 Å². The second kappa shape index (κ2) is 6.97. The molecule has 0 amide bonds. The van der Waals surface area contributed by atoms with Crippen LogP contribution in [-0.4, -0.2) is 10.4 Å². The van der Waals surface area contributed by atoms with Crippen molar-refractivity contribution in [3.05, 3.63) is 64.7 Å². The zero-order chi connectivity index (χ0) is 13.7. The van der Waals surface area contributed by atoms with Crippen molar-refractivity contribution in [1.29, 1.82) is 0 Å². The Hall–Kier alpha value is -0.990. The Balaban J connectivity index is 2.00. The monoisotopic (exact) mass is 338 g/mol. The minimum Gasteiger partial charge on any atom is -0.508 e. The third-order valence-corrected chi connectivity index (χ3v) is 4.28. The molecule has 1 unspecified atom stereocenters. The standard InChI is InChI=1S/C16H16BrClO/c17-11-14(9-12-1-5-15(18)6-2-12)10-13-3-7-16(19)8-4-13/h1-8,14,19H,9-11H2. The molecule has 0 aliphatic carbocycles. The summed E-state index contributed by atoms with van der Waals surface area (Å²) in [5.41, 5.74) is 2.55. The summed E-state index contributed by atoms with van der Waals surface area (Å²) in [4.78, 5) is 0. The van der Waals surface area contributed by atoms with Crippen LogP contribution in [0.25, 0.3) is 0 Å². The van der Waals surface area contributed by atoms with Gasteiger partial charge in [-0.2, -0.15) is 0 Å². The molecule has 0 spiro atoms. The van der Waals surface area contributed by atoms with Crippen LogP contribution in [0.5, 0.6) is 5.75 Å². The van der Waals surface area contributed by atoms with Crippen LogP contribution in [0.2, 0.25) is 5.02 Å². The highest BCUT2D eigenvalue weighted by molar-refractivity contribution is 9.09. The van der Waals surface area contributed by atoms with Crippen molar-refractivity contribution >= 4 is 27.5 Å². The fourth-order valence-electron chi connectivity index (χ4n) is 2.10. The number of benzene rings is 2. The van der Waals surface area contributed by atoms with Crippen molar-refractivity contribution in [3.63, 3.8) is 0 Å². The predicted octanol–water partition coefficient (Wildman–Crippen LogP) is 4.84. The number of aromatic hydroxyl groups is 1. The molecule has 1 atom stereocenters. The number of phenols is 1. The number of rotatable bonds is 5. The van der Waals surface area contributed by atoms with Crippen LogP contribution < -0.4 is 0 Å². The molecule has 0 saturated carbocycles. The zero-order valence-electron chi connectivity index (χ0n) is 10.5. The molecule has 0 heterocycles. The molecule has 19 heavy (non-hydrogen) atoms. The van der Waals surface area contributed by atoms with Gasteiger partial charge in [0.1, 0.15) is 5.75 Å². The first-order chi connectivity index (χ1) is 9.17. The highest BCUT2D eigenvalue weighted by atomic mass is 79.9. The van der Waals surface area contributed by atoms with Gasteiger partial charge in [-0.3, -0.25) is 0 Å². The number of hydrogen-bond acceptors (Lipinski definition) is 1. The molecule has 3 heteroatoms. The molecule has 0 bridgehead atoms. The van der Waals surface area contributed by atoms with Gasteiger partial charge in [-0.05, 0) is 54.2 Å². The van der Waals surface area contributed by atoms with Crippen molar-refractivity contribution in [2.45, 2.75) is 12.8 Å². The Morgan fingerprint density at radius 2 is 1.37 bits per heavy atom. The summed E-state index contributed by atoms with van der Waals surface area (Å²) in [7, 11) is 0. The molecule has 2 aromatic carbocycles. The Morgan fingerprint density at radius 3 is 1.84 bits per heavy atom. The molecule has 0 aliphatic rings. The van der Waals surface area contributed by atoms with Crippen LogP contribution in [-0.2, 0) is 12.8 Å². The zero-order valence-corrected chi connectivity index (χ0v) is 12.9. The van der Waals surface area contributed by atoms with E-state index in [0.717, 1.165) is 23.2 Å². The third-order valence-electron chi connectivity index (χ3n) is 3.12. The maximum Gasteiger partial charge on any atom is 0.115 e. The summed E-state index contributed by atoms with van der Waals surface area (Å²) in [6, 6.07) is 15.5. The van der Waals surface area contributed by atoms with Gasteiger partial charge in [-0.25, -0.2) is 0 Å². The smallest absolute Gasteiger partial charge is 0.115 e. The van der Waals surface area contributed by atoms with Crippen molar-refractivity contribution < 1.29 is 5.11 Å². The lowest BCUT2D eigenvalue weighted by atomic mass is 9.94. The Kier molecular flexibility index (Phi) is 5.29. The molecule has 1 nitrogen and oxygen atoms in total. The van der Waals surface area contributed by atoms with Crippen LogP contribution in [0.1, 0.15) is 11.1 Å². The lowest BCUT2D eigenvalue weighted by molar-refractivity contribution is 0.474. The first-order valence-corrected chi connectivity index (χ1v) is 7.75. The normalized spacial score (nSPS) is 12.3.